The predicted molar refractivity (Wildman–Crippen MR) is 49.7 cm³/mol. The first-order chi connectivity index (χ1) is 5.20. The van der Waals surface area contributed by atoms with Crippen molar-refractivity contribution in [3.8, 4) is 0 Å². The van der Waals surface area contributed by atoms with Gasteiger partial charge in [-0.15, -0.1) is 0 Å². The van der Waals surface area contributed by atoms with E-state index in [1.54, 1.807) is 0 Å². The van der Waals surface area contributed by atoms with Crippen molar-refractivity contribution in [3.63, 3.8) is 0 Å². The van der Waals surface area contributed by atoms with E-state index in [0.717, 1.165) is 12.0 Å². The third-order valence-electron chi connectivity index (χ3n) is 2.68. The van der Waals surface area contributed by atoms with E-state index in [0.29, 0.717) is 0 Å². The lowest BCUT2D eigenvalue weighted by atomic mass is 10.1. The minimum atomic E-state index is 0.855. The summed E-state index contributed by atoms with van der Waals surface area (Å²) >= 11 is 0. The highest BCUT2D eigenvalue weighted by molar-refractivity contribution is 4.74. The molecule has 0 unspecified atom stereocenters. The lowest BCUT2D eigenvalue weighted by molar-refractivity contribution is 0.253. The van der Waals surface area contributed by atoms with Crippen LogP contribution in [0.5, 0.6) is 0 Å². The molecule has 1 heterocycles. The fraction of sp³-hybridized carbons (Fsp3) is 1.00. The van der Waals surface area contributed by atoms with Gasteiger partial charge in [-0.1, -0.05) is 13.8 Å². The van der Waals surface area contributed by atoms with Crippen molar-refractivity contribution in [1.29, 1.82) is 0 Å². The second-order valence-electron chi connectivity index (χ2n) is 4.21. The highest BCUT2D eigenvalue weighted by Gasteiger charge is 2.19. The van der Waals surface area contributed by atoms with Gasteiger partial charge in [-0.25, -0.2) is 0 Å². The molecule has 0 aromatic rings. The lowest BCUT2D eigenvalue weighted by Crippen LogP contribution is -2.28. The van der Waals surface area contributed by atoms with Gasteiger partial charge in [0.15, 0.2) is 0 Å². The SMILES string of the molecule is CC(C)CCN1CCC[C@@H]1C. The first-order valence-electron chi connectivity index (χ1n) is 4.94. The Morgan fingerprint density at radius 2 is 2.18 bits per heavy atom. The summed E-state index contributed by atoms with van der Waals surface area (Å²) in [6, 6.07) is 0.855. The van der Waals surface area contributed by atoms with Gasteiger partial charge < -0.3 is 4.90 Å². The topological polar surface area (TPSA) is 3.24 Å². The largest absolute Gasteiger partial charge is 0.301 e. The average molecular weight is 155 g/mol. The Labute approximate surface area is 70.8 Å². The molecule has 0 saturated carbocycles. The molecule has 1 rings (SSSR count). The van der Waals surface area contributed by atoms with Gasteiger partial charge in [0.05, 0.1) is 0 Å². The van der Waals surface area contributed by atoms with Crippen molar-refractivity contribution < 1.29 is 0 Å². The maximum Gasteiger partial charge on any atom is 0.00674 e. The maximum absolute atomic E-state index is 2.62. The second kappa shape index (κ2) is 4.10. The van der Waals surface area contributed by atoms with Crippen LogP contribution in [-0.2, 0) is 0 Å². The van der Waals surface area contributed by atoms with Crippen molar-refractivity contribution >= 4 is 0 Å². The van der Waals surface area contributed by atoms with E-state index in [2.05, 4.69) is 25.7 Å². The summed E-state index contributed by atoms with van der Waals surface area (Å²) < 4.78 is 0. The first-order valence-corrected chi connectivity index (χ1v) is 4.94. The number of rotatable bonds is 3. The molecule has 0 bridgehead atoms. The normalized spacial score (nSPS) is 26.7. The Hall–Kier alpha value is -0.0400. The van der Waals surface area contributed by atoms with E-state index in [1.165, 1.54) is 32.4 Å². The molecule has 66 valence electrons. The number of likely N-dealkylation sites (tertiary alicyclic amines) is 1. The molecule has 1 nitrogen and oxygen atoms in total. The van der Waals surface area contributed by atoms with Crippen LogP contribution in [0.15, 0.2) is 0 Å². The van der Waals surface area contributed by atoms with Crippen LogP contribution in [0.2, 0.25) is 0 Å². The van der Waals surface area contributed by atoms with E-state index >= 15 is 0 Å². The van der Waals surface area contributed by atoms with Gasteiger partial charge in [0.2, 0.25) is 0 Å². The molecule has 1 saturated heterocycles. The van der Waals surface area contributed by atoms with Gasteiger partial charge in [-0.2, -0.15) is 0 Å². The molecule has 0 aliphatic carbocycles. The third kappa shape index (κ3) is 2.82. The molecule has 1 fully saturated rings. The van der Waals surface area contributed by atoms with E-state index in [4.69, 9.17) is 0 Å². The van der Waals surface area contributed by atoms with E-state index < -0.39 is 0 Å². The number of hydrogen-bond acceptors (Lipinski definition) is 1. The minimum Gasteiger partial charge on any atom is -0.301 e. The molecule has 0 aromatic carbocycles. The van der Waals surface area contributed by atoms with Crippen LogP contribution in [0.1, 0.15) is 40.0 Å². The van der Waals surface area contributed by atoms with Gasteiger partial charge in [-0.3, -0.25) is 0 Å². The number of nitrogens with zero attached hydrogens (tertiary/aromatic N) is 1. The summed E-state index contributed by atoms with van der Waals surface area (Å²) in [5, 5.41) is 0. The minimum absolute atomic E-state index is 0.855. The van der Waals surface area contributed by atoms with Crippen LogP contribution in [-0.4, -0.2) is 24.0 Å². The van der Waals surface area contributed by atoms with Crippen molar-refractivity contribution in [2.45, 2.75) is 46.1 Å². The summed E-state index contributed by atoms with van der Waals surface area (Å²) in [5.74, 6) is 0.864. The zero-order valence-electron chi connectivity index (χ0n) is 8.14. The molecule has 1 heteroatoms. The fourth-order valence-corrected chi connectivity index (χ4v) is 1.75. The molecular weight excluding hydrogens is 134 g/mol. The zero-order valence-corrected chi connectivity index (χ0v) is 8.14. The molecule has 0 amide bonds. The fourth-order valence-electron chi connectivity index (χ4n) is 1.75. The highest BCUT2D eigenvalue weighted by atomic mass is 15.2. The van der Waals surface area contributed by atoms with Crippen LogP contribution in [0.3, 0.4) is 0 Å². The Balaban J connectivity index is 2.15. The molecule has 11 heavy (non-hydrogen) atoms. The zero-order chi connectivity index (χ0) is 8.27. The molecule has 0 radical (unpaired) electrons. The van der Waals surface area contributed by atoms with Crippen LogP contribution >= 0.6 is 0 Å². The van der Waals surface area contributed by atoms with Crippen LogP contribution in [0.4, 0.5) is 0 Å². The Bertz CT molecular complexity index is 109. The van der Waals surface area contributed by atoms with Gasteiger partial charge in [0.25, 0.3) is 0 Å². The molecule has 1 aliphatic heterocycles. The molecule has 0 spiro atoms. The van der Waals surface area contributed by atoms with Crippen LogP contribution in [0, 0.1) is 5.92 Å². The summed E-state index contributed by atoms with van der Waals surface area (Å²) in [6.45, 7) is 9.63. The second-order valence-corrected chi connectivity index (χ2v) is 4.21. The van der Waals surface area contributed by atoms with E-state index in [1.807, 2.05) is 0 Å². The Kier molecular flexibility index (Phi) is 3.38. The third-order valence-corrected chi connectivity index (χ3v) is 2.68. The molecule has 0 N–H and O–H groups in total. The Morgan fingerprint density at radius 3 is 2.64 bits per heavy atom. The van der Waals surface area contributed by atoms with Gasteiger partial charge >= 0.3 is 0 Å². The summed E-state index contributed by atoms with van der Waals surface area (Å²) in [5.41, 5.74) is 0. The van der Waals surface area contributed by atoms with E-state index in [-0.39, 0.29) is 0 Å². The lowest BCUT2D eigenvalue weighted by Gasteiger charge is -2.21. The quantitative estimate of drug-likeness (QED) is 0.605. The van der Waals surface area contributed by atoms with Gasteiger partial charge in [-0.05, 0) is 45.2 Å². The van der Waals surface area contributed by atoms with Crippen molar-refractivity contribution in [1.82, 2.24) is 4.90 Å². The van der Waals surface area contributed by atoms with Gasteiger partial charge in [0.1, 0.15) is 0 Å². The van der Waals surface area contributed by atoms with Crippen LogP contribution < -0.4 is 0 Å². The molecular formula is C10H21N. The maximum atomic E-state index is 2.62. The summed E-state index contributed by atoms with van der Waals surface area (Å²) in [7, 11) is 0. The molecule has 1 atom stereocenters. The monoisotopic (exact) mass is 155 g/mol. The van der Waals surface area contributed by atoms with Crippen molar-refractivity contribution in [2.24, 2.45) is 5.92 Å². The summed E-state index contributed by atoms with van der Waals surface area (Å²) in [4.78, 5) is 2.62. The van der Waals surface area contributed by atoms with E-state index in [9.17, 15) is 0 Å². The van der Waals surface area contributed by atoms with Crippen molar-refractivity contribution in [2.75, 3.05) is 13.1 Å². The standard InChI is InChI=1S/C10H21N/c1-9(2)6-8-11-7-4-5-10(11)3/h9-10H,4-8H2,1-3H3/t10-/m0/s1. The molecule has 1 aliphatic rings. The van der Waals surface area contributed by atoms with Crippen LogP contribution in [0.25, 0.3) is 0 Å². The first kappa shape index (κ1) is 9.05. The van der Waals surface area contributed by atoms with Crippen molar-refractivity contribution in [3.05, 3.63) is 0 Å². The highest BCUT2D eigenvalue weighted by Crippen LogP contribution is 2.17. The average Bonchev–Trinajstić information content (AvgIpc) is 2.31. The molecule has 0 aromatic heterocycles. The predicted octanol–water partition coefficient (Wildman–Crippen LogP) is 2.52. The smallest absolute Gasteiger partial charge is 0.00674 e. The Morgan fingerprint density at radius 1 is 1.45 bits per heavy atom. The number of hydrogen-bond donors (Lipinski definition) is 0. The summed E-state index contributed by atoms with van der Waals surface area (Å²) in [6.07, 6.45) is 4.20. The van der Waals surface area contributed by atoms with Gasteiger partial charge in [0, 0.05) is 6.04 Å².